The highest BCUT2D eigenvalue weighted by Crippen LogP contribution is 2.18. The van der Waals surface area contributed by atoms with E-state index in [1.54, 1.807) is 50.4 Å². The number of carboxylic acid groups (broad SMARTS) is 2. The van der Waals surface area contributed by atoms with Gasteiger partial charge in [0, 0.05) is 12.2 Å². The second-order valence-electron chi connectivity index (χ2n) is 16.6. The SMILES string of the molecule is CC[C@H](C)[C@@H]1NC(=O)[C@H](Cc2ccccc2)NC(=O)[C@H](CC(=O)O)NC(=O)[C@@H](NC(=O)[C@@H](NC(=O)[C@H](CO)NC(=O)[C@@H](N)Cc2ccc(O)cc2)[C@@H](C)O)CSC(=O)[C@@H](CCSC)NC1=O.O=C(O)C(F)(F)F. The minimum Gasteiger partial charge on any atom is -0.508 e. The zero-order chi connectivity index (χ0) is 55.2. The van der Waals surface area contributed by atoms with E-state index < -0.39 is 144 Å². The molecule has 0 aliphatic carbocycles. The number of carbonyl (C=O) groups excluding carboxylic acids is 8. The van der Waals surface area contributed by atoms with Crippen molar-refractivity contribution >= 4 is 81.9 Å². The van der Waals surface area contributed by atoms with Crippen LogP contribution < -0.4 is 43.0 Å². The number of hydrogen-bond donors (Lipinski definition) is 13. The molecule has 1 aliphatic rings. The molecule has 3 rings (SSSR count). The Balaban J connectivity index is 0.00000242. The number of phenolic OH excluding ortho intramolecular Hbond substituents is 1. The minimum absolute atomic E-state index is 0.0130. The highest BCUT2D eigenvalue weighted by Gasteiger charge is 2.39. The summed E-state index contributed by atoms with van der Waals surface area (Å²) in [5, 5.41) is 63.6. The maximum Gasteiger partial charge on any atom is 0.490 e. The first-order valence-corrected chi connectivity index (χ1v) is 24.8. The van der Waals surface area contributed by atoms with Gasteiger partial charge in [0.15, 0.2) is 0 Å². The molecule has 1 aliphatic heterocycles. The normalized spacial score (nSPS) is 21.1. The second-order valence-corrected chi connectivity index (χ2v) is 18.6. The lowest BCUT2D eigenvalue weighted by Crippen LogP contribution is -2.63. The van der Waals surface area contributed by atoms with Crippen LogP contribution >= 0.6 is 23.5 Å². The third-order valence-corrected chi connectivity index (χ3v) is 12.5. The van der Waals surface area contributed by atoms with Crippen LogP contribution in [0.2, 0.25) is 0 Å². The van der Waals surface area contributed by atoms with Gasteiger partial charge in [-0.05, 0) is 61.0 Å². The van der Waals surface area contributed by atoms with Crippen molar-refractivity contribution in [2.45, 2.75) is 113 Å². The lowest BCUT2D eigenvalue weighted by molar-refractivity contribution is -0.192. The fourth-order valence-corrected chi connectivity index (χ4v) is 7.93. The molecule has 1 heterocycles. The van der Waals surface area contributed by atoms with Crippen molar-refractivity contribution in [1.82, 2.24) is 37.2 Å². The average Bonchev–Trinajstić information content (AvgIpc) is 3.33. The summed E-state index contributed by atoms with van der Waals surface area (Å²) in [5.41, 5.74) is 7.16. The topological polar surface area (TPSA) is 382 Å². The summed E-state index contributed by atoms with van der Waals surface area (Å²) in [4.78, 5) is 131. The van der Waals surface area contributed by atoms with Crippen LogP contribution in [0, 0.1) is 5.92 Å². The summed E-state index contributed by atoms with van der Waals surface area (Å²) in [5.74, 6) is -12.0. The summed E-state index contributed by atoms with van der Waals surface area (Å²) in [6, 6.07) is 2.15. The molecule has 1 fully saturated rings. The van der Waals surface area contributed by atoms with Crippen LogP contribution in [0.15, 0.2) is 54.6 Å². The van der Waals surface area contributed by atoms with Gasteiger partial charge in [-0.15, -0.1) is 0 Å². The molecule has 0 unspecified atom stereocenters. The molecule has 0 saturated carbocycles. The van der Waals surface area contributed by atoms with Gasteiger partial charge in [-0.2, -0.15) is 24.9 Å². The Morgan fingerprint density at radius 2 is 1.38 bits per heavy atom. The monoisotopic (exact) mass is 1070 g/mol. The van der Waals surface area contributed by atoms with E-state index >= 15 is 0 Å². The van der Waals surface area contributed by atoms with Crippen LogP contribution in [0.3, 0.4) is 0 Å². The zero-order valence-corrected chi connectivity index (χ0v) is 41.6. The maximum absolute atomic E-state index is 14.1. The largest absolute Gasteiger partial charge is 0.508 e. The molecule has 2 aromatic rings. The van der Waals surface area contributed by atoms with Gasteiger partial charge in [0.1, 0.15) is 42.0 Å². The first-order chi connectivity index (χ1) is 34.2. The van der Waals surface area contributed by atoms with E-state index in [0.717, 1.165) is 6.92 Å². The van der Waals surface area contributed by atoms with E-state index in [9.17, 15) is 76.7 Å². The van der Waals surface area contributed by atoms with Gasteiger partial charge in [-0.1, -0.05) is 74.5 Å². The van der Waals surface area contributed by atoms with Crippen molar-refractivity contribution < 1.29 is 86.6 Å². The molecule has 28 heteroatoms. The van der Waals surface area contributed by atoms with Crippen molar-refractivity contribution in [3.05, 3.63) is 65.7 Å². The molecule has 0 aromatic heterocycles. The minimum atomic E-state index is -5.08. The highest BCUT2D eigenvalue weighted by atomic mass is 32.2. The molecule has 2 aromatic carbocycles. The quantitative estimate of drug-likeness (QED) is 0.0758. The predicted molar refractivity (Wildman–Crippen MR) is 258 cm³/mol. The van der Waals surface area contributed by atoms with E-state index in [2.05, 4.69) is 37.2 Å². The van der Waals surface area contributed by atoms with Crippen LogP contribution in [0.4, 0.5) is 13.2 Å². The lowest BCUT2D eigenvalue weighted by atomic mass is 9.96. The number of aliphatic hydroxyl groups is 2. The number of alkyl halides is 3. The summed E-state index contributed by atoms with van der Waals surface area (Å²) >= 11 is 1.90. The van der Waals surface area contributed by atoms with Gasteiger partial charge in [-0.3, -0.25) is 43.2 Å². The third kappa shape index (κ3) is 21.6. The van der Waals surface area contributed by atoms with Crippen LogP contribution in [-0.4, -0.2) is 169 Å². The van der Waals surface area contributed by atoms with Crippen LogP contribution in [0.5, 0.6) is 5.75 Å². The molecular formula is C45H61F3N8O15S2. The molecule has 0 bridgehead atoms. The van der Waals surface area contributed by atoms with Gasteiger partial charge >= 0.3 is 18.1 Å². The Hall–Kier alpha value is -6.49. The number of aliphatic carboxylic acids is 2. The van der Waals surface area contributed by atoms with Gasteiger partial charge in [0.25, 0.3) is 0 Å². The summed E-state index contributed by atoms with van der Waals surface area (Å²) in [6.45, 7) is 3.64. The summed E-state index contributed by atoms with van der Waals surface area (Å²) in [6.07, 6.45) is -5.59. The number of thioether (sulfide) groups is 2. The first kappa shape index (κ1) is 62.6. The number of rotatable bonds is 19. The number of hydrogen-bond acceptors (Lipinski definition) is 16. The van der Waals surface area contributed by atoms with E-state index in [4.69, 9.17) is 15.6 Å². The summed E-state index contributed by atoms with van der Waals surface area (Å²) < 4.78 is 31.7. The van der Waals surface area contributed by atoms with Gasteiger partial charge in [0.2, 0.25) is 46.5 Å². The Kier molecular flexibility index (Phi) is 26.2. The highest BCUT2D eigenvalue weighted by molar-refractivity contribution is 8.13. The molecule has 1 saturated heterocycles. The smallest absolute Gasteiger partial charge is 0.490 e. The van der Waals surface area contributed by atoms with Gasteiger partial charge < -0.3 is 68.5 Å². The van der Waals surface area contributed by atoms with Gasteiger partial charge in [0.05, 0.1) is 31.2 Å². The third-order valence-electron chi connectivity index (χ3n) is 10.8. The molecule has 10 atom stereocenters. The Morgan fingerprint density at radius 3 is 1.92 bits per heavy atom. The number of carboxylic acids is 2. The molecule has 0 radical (unpaired) electrons. The zero-order valence-electron chi connectivity index (χ0n) is 40.0. The number of amides is 7. The van der Waals surface area contributed by atoms with E-state index in [1.165, 1.54) is 36.0 Å². The van der Waals surface area contributed by atoms with E-state index in [-0.39, 0.29) is 25.0 Å². The fourth-order valence-electron chi connectivity index (χ4n) is 6.51. The van der Waals surface area contributed by atoms with Crippen molar-refractivity contribution in [1.29, 1.82) is 0 Å². The Labute approximate surface area is 425 Å². The number of halogens is 3. The molecular weight excluding hydrogens is 1010 g/mol. The molecule has 73 heavy (non-hydrogen) atoms. The number of nitrogens with one attached hydrogen (secondary N) is 7. The molecule has 23 nitrogen and oxygen atoms in total. The summed E-state index contributed by atoms with van der Waals surface area (Å²) in [7, 11) is 0. The van der Waals surface area contributed by atoms with E-state index in [0.29, 0.717) is 35.1 Å². The van der Waals surface area contributed by atoms with Crippen molar-refractivity contribution in [2.75, 3.05) is 24.4 Å². The van der Waals surface area contributed by atoms with E-state index in [1.807, 2.05) is 0 Å². The van der Waals surface area contributed by atoms with Crippen LogP contribution in [-0.2, 0) is 60.8 Å². The number of aliphatic hydroxyl groups excluding tert-OH is 2. The second kappa shape index (κ2) is 30.5. The van der Waals surface area contributed by atoms with Gasteiger partial charge in [-0.25, -0.2) is 4.79 Å². The first-order valence-electron chi connectivity index (χ1n) is 22.4. The molecule has 14 N–H and O–H groups in total. The van der Waals surface area contributed by atoms with Crippen molar-refractivity contribution in [3.8, 4) is 5.75 Å². The Bertz CT molecular complexity index is 2230. The molecule has 404 valence electrons. The van der Waals surface area contributed by atoms with Crippen molar-refractivity contribution in [3.63, 3.8) is 0 Å². The number of phenols is 1. The fraction of sp³-hybridized carbons (Fsp3) is 0.511. The molecule has 0 spiro atoms. The number of carbonyl (C=O) groups is 10. The predicted octanol–water partition coefficient (Wildman–Crippen LogP) is -1.55. The maximum atomic E-state index is 14.1. The van der Waals surface area contributed by atoms with Crippen LogP contribution in [0.1, 0.15) is 51.2 Å². The number of aromatic hydroxyl groups is 1. The number of benzene rings is 2. The standard InChI is InChI=1S/C43H60N8O13S2.C2HF3O2/c1-5-22(2)34-41(62)45-28(15-16-65-4)43(64)66-21-32(40(61)47-30(19-33(55)56)37(58)46-29(38(59)50-34)18-24-9-7-6-8-10-24)49-42(63)35(23(3)53)51-39(60)31(20-52)48-36(57)27(44)17-25-11-13-26(54)14-12-25;3-2(4,5)1(6)7/h6-14,22-23,27-32,34-35,52-54H,5,15-21,44H2,1-4H3,(H,45,62)(H,46,58)(H,47,61)(H,48,57)(H,49,63)(H,50,59)(H,51,60)(H,55,56);(H,6,7)/t22-,23+,27-,28+,29-,30-,31-,32-,34-,35-;/m0./s1. The van der Waals surface area contributed by atoms with Crippen molar-refractivity contribution in [2.24, 2.45) is 11.7 Å². The molecule has 7 amide bonds. The number of nitrogens with two attached hydrogens (primary N) is 1. The van der Waals surface area contributed by atoms with Crippen LogP contribution in [0.25, 0.3) is 0 Å². The average molecular weight is 1080 g/mol. The lowest BCUT2D eigenvalue weighted by Gasteiger charge is -2.30. The Morgan fingerprint density at radius 1 is 0.808 bits per heavy atom.